The second-order valence-electron chi connectivity index (χ2n) is 5.28. The lowest BCUT2D eigenvalue weighted by Crippen LogP contribution is -2.40. The molecule has 22 heavy (non-hydrogen) atoms. The van der Waals surface area contributed by atoms with Gasteiger partial charge in [0.05, 0.1) is 12.8 Å². The van der Waals surface area contributed by atoms with Crippen molar-refractivity contribution in [1.29, 1.82) is 0 Å². The molecular weight excluding hydrogens is 409 g/mol. The Hall–Kier alpha value is -1.02. The van der Waals surface area contributed by atoms with Crippen LogP contribution in [0.3, 0.4) is 0 Å². The molecule has 0 saturated carbocycles. The highest BCUT2D eigenvalue weighted by Gasteiger charge is 2.02. The molecule has 0 atom stereocenters. The molecule has 0 fully saturated rings. The molecule has 0 amide bonds. The van der Waals surface area contributed by atoms with Crippen molar-refractivity contribution in [3.05, 3.63) is 46.5 Å². The first-order chi connectivity index (χ1) is 10.2. The lowest BCUT2D eigenvalue weighted by atomic mass is 10.2. The largest absolute Gasteiger partial charge is 0.469 e. The Morgan fingerprint density at radius 2 is 2.14 bits per heavy atom. The SMILES string of the molecule is CC(C)CNC(=NCc1cccs1)NCCc1ccco1.I. The van der Waals surface area contributed by atoms with Crippen LogP contribution in [0.5, 0.6) is 0 Å². The average molecular weight is 433 g/mol. The summed E-state index contributed by atoms with van der Waals surface area (Å²) in [7, 11) is 0. The van der Waals surface area contributed by atoms with E-state index in [-0.39, 0.29) is 24.0 Å². The van der Waals surface area contributed by atoms with Crippen LogP contribution in [0.1, 0.15) is 24.5 Å². The number of rotatable bonds is 7. The molecule has 0 radical (unpaired) electrons. The van der Waals surface area contributed by atoms with Crippen LogP contribution in [0.15, 0.2) is 45.3 Å². The van der Waals surface area contributed by atoms with E-state index in [9.17, 15) is 0 Å². The Bertz CT molecular complexity index is 524. The van der Waals surface area contributed by atoms with Gasteiger partial charge in [-0.15, -0.1) is 35.3 Å². The van der Waals surface area contributed by atoms with Crippen molar-refractivity contribution >= 4 is 41.3 Å². The Kier molecular flexibility index (Phi) is 9.22. The molecule has 4 nitrogen and oxygen atoms in total. The quantitative estimate of drug-likeness (QED) is 0.396. The topological polar surface area (TPSA) is 49.6 Å². The van der Waals surface area contributed by atoms with Gasteiger partial charge in [0.2, 0.25) is 0 Å². The van der Waals surface area contributed by atoms with Gasteiger partial charge < -0.3 is 15.1 Å². The fraction of sp³-hybridized carbons (Fsp3) is 0.438. The molecule has 2 aromatic heterocycles. The van der Waals surface area contributed by atoms with Crippen molar-refractivity contribution in [2.75, 3.05) is 13.1 Å². The van der Waals surface area contributed by atoms with Crippen LogP contribution < -0.4 is 10.6 Å². The molecule has 6 heteroatoms. The van der Waals surface area contributed by atoms with E-state index in [1.54, 1.807) is 17.6 Å². The minimum atomic E-state index is 0. The van der Waals surface area contributed by atoms with Gasteiger partial charge in [-0.3, -0.25) is 0 Å². The molecule has 2 aromatic rings. The molecule has 0 unspecified atom stereocenters. The van der Waals surface area contributed by atoms with Crippen molar-refractivity contribution in [2.45, 2.75) is 26.8 Å². The van der Waals surface area contributed by atoms with Crippen LogP contribution in [-0.2, 0) is 13.0 Å². The Balaban J connectivity index is 0.00000242. The van der Waals surface area contributed by atoms with E-state index in [4.69, 9.17) is 4.42 Å². The maximum Gasteiger partial charge on any atom is 0.191 e. The molecular formula is C16H24IN3OS. The van der Waals surface area contributed by atoms with Crippen molar-refractivity contribution < 1.29 is 4.42 Å². The first kappa shape index (κ1) is 19.0. The lowest BCUT2D eigenvalue weighted by Gasteiger charge is -2.13. The molecule has 0 spiro atoms. The third kappa shape index (κ3) is 7.31. The monoisotopic (exact) mass is 433 g/mol. The molecule has 0 saturated heterocycles. The summed E-state index contributed by atoms with van der Waals surface area (Å²) in [4.78, 5) is 5.90. The van der Waals surface area contributed by atoms with Gasteiger partial charge in [0.1, 0.15) is 5.76 Å². The van der Waals surface area contributed by atoms with Crippen LogP contribution in [0.25, 0.3) is 0 Å². The smallest absolute Gasteiger partial charge is 0.191 e. The van der Waals surface area contributed by atoms with Crippen LogP contribution in [0, 0.1) is 5.92 Å². The van der Waals surface area contributed by atoms with E-state index >= 15 is 0 Å². The summed E-state index contributed by atoms with van der Waals surface area (Å²) < 4.78 is 5.33. The highest BCUT2D eigenvalue weighted by Crippen LogP contribution is 2.09. The summed E-state index contributed by atoms with van der Waals surface area (Å²) in [6.45, 7) is 6.81. The van der Waals surface area contributed by atoms with Crippen molar-refractivity contribution in [2.24, 2.45) is 10.9 Å². The van der Waals surface area contributed by atoms with Crippen molar-refractivity contribution in [3.63, 3.8) is 0 Å². The highest BCUT2D eigenvalue weighted by molar-refractivity contribution is 14.0. The number of halogens is 1. The van der Waals surface area contributed by atoms with E-state index in [2.05, 4.69) is 47.0 Å². The van der Waals surface area contributed by atoms with Gasteiger partial charge in [0, 0.05) is 24.4 Å². The number of nitrogens with zero attached hydrogens (tertiary/aromatic N) is 1. The standard InChI is InChI=1S/C16H23N3OS.HI/c1-13(2)11-18-16(19-12-15-6-4-10-21-15)17-8-7-14-5-3-9-20-14;/h3-6,9-10,13H,7-8,11-12H2,1-2H3,(H2,17,18,19);1H. The molecule has 0 aliphatic heterocycles. The first-order valence-electron chi connectivity index (χ1n) is 7.31. The van der Waals surface area contributed by atoms with Crippen molar-refractivity contribution in [1.82, 2.24) is 10.6 Å². The Morgan fingerprint density at radius 3 is 2.77 bits per heavy atom. The minimum Gasteiger partial charge on any atom is -0.469 e. The number of hydrogen-bond donors (Lipinski definition) is 2. The van der Waals surface area contributed by atoms with Gasteiger partial charge in [-0.1, -0.05) is 19.9 Å². The van der Waals surface area contributed by atoms with E-state index < -0.39 is 0 Å². The summed E-state index contributed by atoms with van der Waals surface area (Å²) >= 11 is 1.73. The zero-order valence-corrected chi connectivity index (χ0v) is 16.2. The number of hydrogen-bond acceptors (Lipinski definition) is 3. The van der Waals surface area contributed by atoms with Gasteiger partial charge in [-0.2, -0.15) is 0 Å². The molecule has 2 heterocycles. The minimum absolute atomic E-state index is 0. The number of furan rings is 1. The lowest BCUT2D eigenvalue weighted by molar-refractivity contribution is 0.506. The summed E-state index contributed by atoms with van der Waals surface area (Å²) in [5.41, 5.74) is 0. The van der Waals surface area contributed by atoms with Gasteiger partial charge in [0.25, 0.3) is 0 Å². The normalized spacial score (nSPS) is 11.3. The Labute approximate surface area is 153 Å². The van der Waals surface area contributed by atoms with Gasteiger partial charge in [-0.25, -0.2) is 4.99 Å². The zero-order chi connectivity index (χ0) is 14.9. The van der Waals surface area contributed by atoms with Gasteiger partial charge >= 0.3 is 0 Å². The molecule has 0 aromatic carbocycles. The molecule has 0 bridgehead atoms. The number of thiophene rings is 1. The predicted octanol–water partition coefficient (Wildman–Crippen LogP) is 3.89. The third-order valence-corrected chi connectivity index (χ3v) is 3.76. The molecule has 0 aliphatic rings. The second kappa shape index (κ2) is 10.7. The molecule has 2 N–H and O–H groups in total. The molecule has 0 aliphatic carbocycles. The molecule has 122 valence electrons. The molecule has 2 rings (SSSR count). The first-order valence-corrected chi connectivity index (χ1v) is 8.19. The van der Waals surface area contributed by atoms with Crippen LogP contribution in [0.4, 0.5) is 0 Å². The van der Waals surface area contributed by atoms with E-state index in [1.165, 1.54) is 4.88 Å². The fourth-order valence-corrected chi connectivity index (χ4v) is 2.42. The number of guanidine groups is 1. The average Bonchev–Trinajstić information content (AvgIpc) is 3.14. The third-order valence-electron chi connectivity index (χ3n) is 2.89. The Morgan fingerprint density at radius 1 is 1.27 bits per heavy atom. The summed E-state index contributed by atoms with van der Waals surface area (Å²) in [6.07, 6.45) is 2.56. The van der Waals surface area contributed by atoms with Gasteiger partial charge in [-0.05, 0) is 29.5 Å². The maximum atomic E-state index is 5.33. The van der Waals surface area contributed by atoms with Crippen LogP contribution >= 0.6 is 35.3 Å². The fourth-order valence-electron chi connectivity index (χ4n) is 1.79. The van der Waals surface area contributed by atoms with Crippen LogP contribution in [0.2, 0.25) is 0 Å². The summed E-state index contributed by atoms with van der Waals surface area (Å²) in [5.74, 6) is 2.44. The predicted molar refractivity (Wildman–Crippen MR) is 104 cm³/mol. The number of nitrogens with one attached hydrogen (secondary N) is 2. The number of aliphatic imine (C=N–C) groups is 1. The van der Waals surface area contributed by atoms with Crippen molar-refractivity contribution in [3.8, 4) is 0 Å². The van der Waals surface area contributed by atoms with E-state index in [0.29, 0.717) is 12.5 Å². The second-order valence-corrected chi connectivity index (χ2v) is 6.31. The summed E-state index contributed by atoms with van der Waals surface area (Å²) in [5, 5.41) is 8.81. The van der Waals surface area contributed by atoms with E-state index in [0.717, 1.165) is 31.2 Å². The highest BCUT2D eigenvalue weighted by atomic mass is 127. The van der Waals surface area contributed by atoms with Crippen LogP contribution in [-0.4, -0.2) is 19.0 Å². The summed E-state index contributed by atoms with van der Waals surface area (Å²) in [6, 6.07) is 8.07. The maximum absolute atomic E-state index is 5.33. The van der Waals surface area contributed by atoms with E-state index in [1.807, 2.05) is 12.1 Å². The zero-order valence-electron chi connectivity index (χ0n) is 13.0. The van der Waals surface area contributed by atoms with Gasteiger partial charge in [0.15, 0.2) is 5.96 Å².